The molecule has 2 aromatic rings. The molecular formula is C20H19N3O3S. The van der Waals surface area contributed by atoms with Gasteiger partial charge in [-0.1, -0.05) is 26.0 Å². The largest absolute Gasteiger partial charge is 0.325 e. The fraction of sp³-hybridized carbons (Fsp3) is 0.200. The second-order valence-electron chi connectivity index (χ2n) is 6.37. The molecule has 1 saturated heterocycles. The van der Waals surface area contributed by atoms with Gasteiger partial charge in [0.15, 0.2) is 0 Å². The second-order valence-corrected chi connectivity index (χ2v) is 7.37. The smallest absolute Gasteiger partial charge is 0.294 e. The number of rotatable bonds is 5. The van der Waals surface area contributed by atoms with Crippen LogP contribution in [0.2, 0.25) is 0 Å². The van der Waals surface area contributed by atoms with Crippen LogP contribution in [0.1, 0.15) is 30.9 Å². The minimum Gasteiger partial charge on any atom is -0.325 e. The number of pyridine rings is 1. The van der Waals surface area contributed by atoms with E-state index in [2.05, 4.69) is 24.1 Å². The van der Waals surface area contributed by atoms with Crippen molar-refractivity contribution in [2.45, 2.75) is 19.8 Å². The van der Waals surface area contributed by atoms with Crippen LogP contribution in [0.5, 0.6) is 0 Å². The highest BCUT2D eigenvalue weighted by Gasteiger charge is 2.36. The van der Waals surface area contributed by atoms with Crippen molar-refractivity contribution in [3.8, 4) is 0 Å². The number of hydrogen-bond donors (Lipinski definition) is 1. The maximum absolute atomic E-state index is 12.4. The lowest BCUT2D eigenvalue weighted by molar-refractivity contribution is -0.127. The summed E-state index contributed by atoms with van der Waals surface area (Å²) in [4.78, 5) is 42.0. The molecule has 1 aromatic heterocycles. The number of nitrogens with one attached hydrogen (secondary N) is 1. The summed E-state index contributed by atoms with van der Waals surface area (Å²) in [5.74, 6) is -0.482. The number of anilines is 1. The second kappa shape index (κ2) is 8.18. The quantitative estimate of drug-likeness (QED) is 0.795. The van der Waals surface area contributed by atoms with Crippen molar-refractivity contribution in [2.75, 3.05) is 11.9 Å². The first-order valence-corrected chi connectivity index (χ1v) is 9.31. The Labute approximate surface area is 161 Å². The molecule has 1 N–H and O–H groups in total. The number of thioether (sulfide) groups is 1. The average molecular weight is 381 g/mol. The van der Waals surface area contributed by atoms with Crippen molar-refractivity contribution in [2.24, 2.45) is 0 Å². The lowest BCUT2D eigenvalue weighted by Crippen LogP contribution is -2.36. The van der Waals surface area contributed by atoms with E-state index in [1.165, 1.54) is 5.56 Å². The summed E-state index contributed by atoms with van der Waals surface area (Å²) in [6.45, 7) is 3.87. The van der Waals surface area contributed by atoms with Crippen molar-refractivity contribution < 1.29 is 14.4 Å². The number of carbonyl (C=O) groups is 3. The zero-order chi connectivity index (χ0) is 19.4. The van der Waals surface area contributed by atoms with Crippen LogP contribution in [0.3, 0.4) is 0 Å². The first-order chi connectivity index (χ1) is 12.9. The molecule has 0 aliphatic carbocycles. The Hall–Kier alpha value is -2.93. The van der Waals surface area contributed by atoms with E-state index in [4.69, 9.17) is 0 Å². The van der Waals surface area contributed by atoms with E-state index in [9.17, 15) is 14.4 Å². The molecule has 0 radical (unpaired) electrons. The van der Waals surface area contributed by atoms with Gasteiger partial charge in [0.25, 0.3) is 11.1 Å². The fourth-order valence-corrected chi connectivity index (χ4v) is 3.38. The standard InChI is InChI=1S/C20H19N3O3S/c1-13(2)15-3-5-16(6-4-15)22-18(24)12-23-19(25)17(27-20(23)26)11-14-7-9-21-10-8-14/h3-11,13H,12H2,1-2H3,(H,22,24)/b17-11+. The topological polar surface area (TPSA) is 79.4 Å². The van der Waals surface area contributed by atoms with Gasteiger partial charge in [0, 0.05) is 18.1 Å². The van der Waals surface area contributed by atoms with Crippen LogP contribution >= 0.6 is 11.8 Å². The number of aromatic nitrogens is 1. The number of imide groups is 1. The van der Waals surface area contributed by atoms with Gasteiger partial charge in [-0.2, -0.15) is 0 Å². The fourth-order valence-electron chi connectivity index (χ4n) is 2.54. The number of carbonyl (C=O) groups excluding carboxylic acids is 3. The molecular weight excluding hydrogens is 362 g/mol. The van der Waals surface area contributed by atoms with Crippen LogP contribution in [0.25, 0.3) is 6.08 Å². The predicted molar refractivity (Wildman–Crippen MR) is 106 cm³/mol. The third kappa shape index (κ3) is 4.62. The van der Waals surface area contributed by atoms with E-state index in [0.29, 0.717) is 16.5 Å². The van der Waals surface area contributed by atoms with E-state index in [0.717, 1.165) is 22.2 Å². The number of hydrogen-bond acceptors (Lipinski definition) is 5. The molecule has 3 amide bonds. The molecule has 0 saturated carbocycles. The molecule has 0 unspecified atom stereocenters. The first kappa shape index (κ1) is 18.8. The highest BCUT2D eigenvalue weighted by atomic mass is 32.2. The van der Waals surface area contributed by atoms with E-state index in [1.807, 2.05) is 24.3 Å². The Morgan fingerprint density at radius 2 is 1.81 bits per heavy atom. The average Bonchev–Trinajstić information content (AvgIpc) is 2.90. The van der Waals surface area contributed by atoms with Gasteiger partial charge in [-0.05, 0) is 59.1 Å². The summed E-state index contributed by atoms with van der Waals surface area (Å²) < 4.78 is 0. The van der Waals surface area contributed by atoms with Gasteiger partial charge in [-0.15, -0.1) is 0 Å². The molecule has 1 fully saturated rings. The molecule has 7 heteroatoms. The normalized spacial score (nSPS) is 15.7. The molecule has 2 heterocycles. The number of amides is 3. The third-order valence-electron chi connectivity index (χ3n) is 4.04. The van der Waals surface area contributed by atoms with E-state index < -0.39 is 17.1 Å². The Bertz CT molecular complexity index is 892. The molecule has 138 valence electrons. The summed E-state index contributed by atoms with van der Waals surface area (Å²) in [5.41, 5.74) is 2.56. The van der Waals surface area contributed by atoms with Gasteiger partial charge in [0.2, 0.25) is 5.91 Å². The first-order valence-electron chi connectivity index (χ1n) is 8.49. The molecule has 3 rings (SSSR count). The van der Waals surface area contributed by atoms with E-state index in [-0.39, 0.29) is 6.54 Å². The minimum atomic E-state index is -0.466. The monoisotopic (exact) mass is 381 g/mol. The molecule has 27 heavy (non-hydrogen) atoms. The van der Waals surface area contributed by atoms with Gasteiger partial charge in [-0.3, -0.25) is 24.3 Å². The van der Waals surface area contributed by atoms with Crippen LogP contribution in [0, 0.1) is 0 Å². The Kier molecular flexibility index (Phi) is 5.71. The van der Waals surface area contributed by atoms with Crippen molar-refractivity contribution >= 4 is 40.6 Å². The maximum atomic E-state index is 12.4. The van der Waals surface area contributed by atoms with Gasteiger partial charge < -0.3 is 5.32 Å². The Morgan fingerprint density at radius 3 is 2.44 bits per heavy atom. The Morgan fingerprint density at radius 1 is 1.15 bits per heavy atom. The van der Waals surface area contributed by atoms with Crippen LogP contribution < -0.4 is 5.32 Å². The van der Waals surface area contributed by atoms with Crippen molar-refractivity contribution in [1.29, 1.82) is 0 Å². The lowest BCUT2D eigenvalue weighted by atomic mass is 10.0. The minimum absolute atomic E-state index is 0.292. The molecule has 0 bridgehead atoms. The highest BCUT2D eigenvalue weighted by molar-refractivity contribution is 8.18. The van der Waals surface area contributed by atoms with Crippen LogP contribution in [-0.4, -0.2) is 33.5 Å². The molecule has 1 aromatic carbocycles. The van der Waals surface area contributed by atoms with Gasteiger partial charge in [0.1, 0.15) is 6.54 Å². The van der Waals surface area contributed by atoms with Crippen LogP contribution in [0.4, 0.5) is 10.5 Å². The summed E-state index contributed by atoms with van der Waals surface area (Å²) in [5, 5.41) is 2.27. The van der Waals surface area contributed by atoms with Crippen LogP contribution in [-0.2, 0) is 9.59 Å². The molecule has 1 aliphatic heterocycles. The van der Waals surface area contributed by atoms with Crippen LogP contribution in [0.15, 0.2) is 53.7 Å². The molecule has 0 spiro atoms. The van der Waals surface area contributed by atoms with Crippen molar-refractivity contribution in [1.82, 2.24) is 9.88 Å². The predicted octanol–water partition coefficient (Wildman–Crippen LogP) is 3.88. The molecule has 1 aliphatic rings. The summed E-state index contributed by atoms with van der Waals surface area (Å²) in [7, 11) is 0. The number of nitrogens with zero attached hydrogens (tertiary/aromatic N) is 2. The molecule has 6 nitrogen and oxygen atoms in total. The van der Waals surface area contributed by atoms with E-state index in [1.54, 1.807) is 30.6 Å². The number of benzene rings is 1. The maximum Gasteiger partial charge on any atom is 0.294 e. The van der Waals surface area contributed by atoms with Gasteiger partial charge in [-0.25, -0.2) is 0 Å². The zero-order valence-electron chi connectivity index (χ0n) is 15.0. The van der Waals surface area contributed by atoms with Gasteiger partial charge in [0.05, 0.1) is 4.91 Å². The van der Waals surface area contributed by atoms with Crippen molar-refractivity contribution in [3.05, 3.63) is 64.8 Å². The van der Waals surface area contributed by atoms with Gasteiger partial charge >= 0.3 is 0 Å². The Balaban J connectivity index is 1.64. The highest BCUT2D eigenvalue weighted by Crippen LogP contribution is 2.32. The summed E-state index contributed by atoms with van der Waals surface area (Å²) >= 11 is 0.828. The van der Waals surface area contributed by atoms with E-state index >= 15 is 0 Å². The third-order valence-corrected chi connectivity index (χ3v) is 4.95. The summed E-state index contributed by atoms with van der Waals surface area (Å²) in [6, 6.07) is 11.0. The van der Waals surface area contributed by atoms with Crippen molar-refractivity contribution in [3.63, 3.8) is 0 Å². The SMILES string of the molecule is CC(C)c1ccc(NC(=O)CN2C(=O)S/C(=C/c3ccncc3)C2=O)cc1. The lowest BCUT2D eigenvalue weighted by Gasteiger charge is -2.13. The molecule has 0 atom stereocenters. The summed E-state index contributed by atoms with van der Waals surface area (Å²) in [6.07, 6.45) is 4.83. The zero-order valence-corrected chi connectivity index (χ0v) is 15.8.